The number of nitrogens with one attached hydrogen (secondary N) is 1. The number of para-hydroxylation sites is 1. The average molecular weight is 1070 g/mol. The van der Waals surface area contributed by atoms with E-state index in [0.717, 1.165) is 98.0 Å². The van der Waals surface area contributed by atoms with Crippen LogP contribution in [-0.4, -0.2) is 146 Å². The quantitative estimate of drug-likeness (QED) is 0.0789. The summed E-state index contributed by atoms with van der Waals surface area (Å²) in [5.74, 6) is 0.961. The lowest BCUT2D eigenvalue weighted by Gasteiger charge is -2.43. The summed E-state index contributed by atoms with van der Waals surface area (Å²) < 4.78 is 28.3. The van der Waals surface area contributed by atoms with Crippen molar-refractivity contribution in [2.75, 3.05) is 72.8 Å². The number of rotatable bonds is 15. The molecule has 5 aliphatic heterocycles. The van der Waals surface area contributed by atoms with Crippen LogP contribution in [-0.2, 0) is 9.59 Å². The Hall–Kier alpha value is -6.90. The number of amides is 2. The monoisotopic (exact) mass is 1070 g/mol. The predicted octanol–water partition coefficient (Wildman–Crippen LogP) is 7.39. The first-order chi connectivity index (χ1) is 37.2. The summed E-state index contributed by atoms with van der Waals surface area (Å²) >= 11 is 1.59. The number of alkyl halides is 1. The number of hydrogen-bond donors (Lipinski definition) is 4. The summed E-state index contributed by atoms with van der Waals surface area (Å²) in [6.45, 7) is 12.6. The smallest absolute Gasteiger partial charge is 0.243 e. The van der Waals surface area contributed by atoms with Crippen molar-refractivity contribution in [1.82, 2.24) is 40.4 Å². The van der Waals surface area contributed by atoms with Gasteiger partial charge in [0.15, 0.2) is 17.4 Å². The minimum absolute atomic E-state index is 0.0564. The summed E-state index contributed by atoms with van der Waals surface area (Å²) in [5.41, 5.74) is 14.2. The molecule has 4 aromatic heterocycles. The number of halogens is 1. The number of aliphatic hydroxyl groups excluding tert-OH is 1. The number of piperidine rings is 2. The van der Waals surface area contributed by atoms with Crippen LogP contribution in [0.3, 0.4) is 0 Å². The van der Waals surface area contributed by atoms with E-state index in [9.17, 15) is 19.8 Å². The fourth-order valence-corrected chi connectivity index (χ4v) is 13.2. The Morgan fingerprint density at radius 2 is 1.68 bits per heavy atom. The second-order valence-electron chi connectivity index (χ2n) is 22.0. The third-order valence-corrected chi connectivity index (χ3v) is 17.5. The molecule has 5 aliphatic rings. The van der Waals surface area contributed by atoms with Gasteiger partial charge in [0.2, 0.25) is 17.7 Å². The number of aryl methyl sites for hydroxylation is 1. The number of likely N-dealkylation sites (tertiary alicyclic amines) is 2. The maximum Gasteiger partial charge on any atom is 0.243 e. The van der Waals surface area contributed by atoms with Gasteiger partial charge in [-0.15, -0.1) is 21.5 Å². The number of hydrogen-bond acceptors (Lipinski definition) is 17. The Morgan fingerprint density at radius 3 is 2.39 bits per heavy atom. The topological polar surface area (TPSA) is 216 Å². The number of pyridine rings is 1. The van der Waals surface area contributed by atoms with Crippen LogP contribution in [0.1, 0.15) is 88.3 Å². The zero-order valence-electron chi connectivity index (χ0n) is 44.1. The number of nitrogens with two attached hydrogens (primary N) is 1. The van der Waals surface area contributed by atoms with Gasteiger partial charge in [-0.05, 0) is 93.2 Å². The van der Waals surface area contributed by atoms with Crippen molar-refractivity contribution < 1.29 is 33.5 Å². The number of β-amino-alcohol motifs (C(OH)–C–C–N with tert-alkyl or cyclic N) is 1. The molecule has 0 saturated carbocycles. The number of fused-ring (bicyclic) bond motifs is 2. The van der Waals surface area contributed by atoms with E-state index in [2.05, 4.69) is 50.2 Å². The minimum Gasteiger partial charge on any atom is -0.507 e. The number of thiazole rings is 1. The van der Waals surface area contributed by atoms with Crippen molar-refractivity contribution in [3.05, 3.63) is 102 Å². The number of aliphatic hydroxyl groups is 1. The zero-order valence-corrected chi connectivity index (χ0v) is 44.9. The number of nitrogens with zero attached hydrogens (tertiary/aromatic N) is 10. The molecule has 0 aliphatic carbocycles. The second kappa shape index (κ2) is 22.2. The van der Waals surface area contributed by atoms with Gasteiger partial charge in [-0.3, -0.25) is 14.5 Å². The van der Waals surface area contributed by atoms with Crippen molar-refractivity contribution in [2.24, 2.45) is 11.8 Å². The maximum absolute atomic E-state index is 16.0. The van der Waals surface area contributed by atoms with Gasteiger partial charge in [-0.1, -0.05) is 55.4 Å². The van der Waals surface area contributed by atoms with E-state index in [1.807, 2.05) is 93.9 Å². The number of aromatic hydroxyl groups is 1. The SMILES string of the molecule is Cc1ncsc1-c1ccc([C@H](C)NC(=O)[C@@H]2C[C@@H](O)CN2C(=O)[C@@H](c2cc(N3CCC(CN4CC[C@@H](Oc5cc(N6C7CCC6CN(c6cc(-c8ccccc8O)nnc6N)C7)ccn5)[C@H](F)C4)CC3)no2)C(C)C)cc1. The highest BCUT2D eigenvalue weighted by molar-refractivity contribution is 7.13. The van der Waals surface area contributed by atoms with E-state index in [4.69, 9.17) is 15.0 Å². The van der Waals surface area contributed by atoms with Gasteiger partial charge in [-0.2, -0.15) is 0 Å². The minimum atomic E-state index is -1.17. The van der Waals surface area contributed by atoms with E-state index in [-0.39, 0.29) is 54.6 Å². The van der Waals surface area contributed by atoms with E-state index in [1.165, 1.54) is 4.90 Å². The molecule has 18 nitrogen and oxygen atoms in total. The number of piperazine rings is 1. The molecular weight excluding hydrogens is 1000 g/mol. The normalized spacial score (nSPS) is 23.9. The second-order valence-corrected chi connectivity index (χ2v) is 22.9. The molecule has 77 heavy (non-hydrogen) atoms. The van der Waals surface area contributed by atoms with Crippen LogP contribution in [0.25, 0.3) is 21.7 Å². The van der Waals surface area contributed by atoms with Gasteiger partial charge in [0.1, 0.15) is 30.0 Å². The summed E-state index contributed by atoms with van der Waals surface area (Å²) in [4.78, 5) is 48.9. The summed E-state index contributed by atoms with van der Waals surface area (Å²) in [6.07, 6.45) is 3.70. The van der Waals surface area contributed by atoms with Crippen molar-refractivity contribution in [2.45, 2.75) is 115 Å². The molecule has 2 unspecified atom stereocenters. The molecular formula is C57H69FN12O6S. The van der Waals surface area contributed by atoms with Crippen molar-refractivity contribution in [1.29, 1.82) is 0 Å². The van der Waals surface area contributed by atoms with E-state index in [1.54, 1.807) is 29.7 Å². The van der Waals surface area contributed by atoms with Crippen molar-refractivity contribution >= 4 is 46.2 Å². The molecule has 2 amide bonds. The van der Waals surface area contributed by atoms with Gasteiger partial charge in [0.25, 0.3) is 0 Å². The summed E-state index contributed by atoms with van der Waals surface area (Å²) in [6, 6.07) is 22.1. The highest BCUT2D eigenvalue weighted by atomic mass is 32.1. The van der Waals surface area contributed by atoms with Crippen LogP contribution < -0.4 is 30.5 Å². The molecule has 5 saturated heterocycles. The van der Waals surface area contributed by atoms with Crippen LogP contribution >= 0.6 is 11.3 Å². The summed E-state index contributed by atoms with van der Waals surface area (Å²) in [7, 11) is 0. The number of carbonyl (C=O) groups is 2. The zero-order chi connectivity index (χ0) is 53.5. The van der Waals surface area contributed by atoms with Gasteiger partial charge >= 0.3 is 0 Å². The van der Waals surface area contributed by atoms with Crippen molar-refractivity contribution in [3.8, 4) is 33.3 Å². The Balaban J connectivity index is 0.647. The molecule has 5 fully saturated rings. The molecule has 11 rings (SSSR count). The van der Waals surface area contributed by atoms with Crippen LogP contribution in [0, 0.1) is 18.8 Å². The Morgan fingerprint density at radius 1 is 0.909 bits per heavy atom. The first-order valence-electron chi connectivity index (χ1n) is 27.2. The number of aromatic nitrogens is 5. The molecule has 0 radical (unpaired) electrons. The molecule has 20 heteroatoms. The van der Waals surface area contributed by atoms with Crippen LogP contribution in [0.4, 0.5) is 27.4 Å². The number of phenolic OH excluding ortho intramolecular Hbond substituents is 1. The lowest BCUT2D eigenvalue weighted by atomic mass is 9.91. The van der Waals surface area contributed by atoms with Gasteiger partial charge < -0.3 is 50.1 Å². The van der Waals surface area contributed by atoms with E-state index in [0.29, 0.717) is 53.4 Å². The standard InChI is InChI=1S/C57H69FN12O6S/c1-33(2)53(57(74)69-30-42(71)24-47(69)56(73)62-34(3)37-9-11-38(12-10-37)54-35(4)61-32-77-54)50-26-51(65-76-50)67-21-16-36(17-22-67)27-66-20-18-49(44(58)31-66)75-52-23-39(15-19-60-52)70-40-13-14-41(70)29-68(28-40)46-25-45(63-64-55(46)59)43-7-5-6-8-48(43)72/h5-12,15,19,23,25-26,32-34,36,40-42,44,47,49,53,71-72H,13-14,16-18,20-22,24,27-31H2,1-4H3,(H2,59,64)(H,62,73)/t34-,40?,41?,42+,44+,47-,49+,53+/m0/s1. The third-order valence-electron chi connectivity index (χ3n) is 16.5. The third kappa shape index (κ3) is 11.0. The number of carbonyl (C=O) groups excluding carboxylic acids is 2. The number of benzene rings is 2. The number of anilines is 4. The highest BCUT2D eigenvalue weighted by Gasteiger charge is 2.45. The maximum atomic E-state index is 16.0. The Kier molecular flexibility index (Phi) is 15.1. The van der Waals surface area contributed by atoms with E-state index < -0.39 is 30.3 Å². The fraction of sp³-hybridized carbons (Fsp3) is 0.491. The lowest BCUT2D eigenvalue weighted by molar-refractivity contribution is -0.141. The average Bonchev–Trinajstić information content (AvgIpc) is 4.31. The molecule has 9 heterocycles. The van der Waals surface area contributed by atoms with Crippen LogP contribution in [0.5, 0.6) is 11.6 Å². The van der Waals surface area contributed by atoms with Crippen molar-refractivity contribution in [3.63, 3.8) is 0 Å². The molecule has 0 spiro atoms. The molecule has 6 aromatic rings. The number of ether oxygens (including phenoxy) is 1. The van der Waals surface area contributed by atoms with Crippen LogP contribution in [0.15, 0.2) is 89.0 Å². The molecule has 2 bridgehead atoms. The molecule has 5 N–H and O–H groups in total. The lowest BCUT2D eigenvalue weighted by Crippen LogP contribution is -2.54. The predicted molar refractivity (Wildman–Crippen MR) is 294 cm³/mol. The number of nitrogen functional groups attached to an aromatic ring is 1. The van der Waals surface area contributed by atoms with Crippen LogP contribution in [0.2, 0.25) is 0 Å². The highest BCUT2D eigenvalue weighted by Crippen LogP contribution is 2.41. The molecule has 8 atom stereocenters. The Labute approximate surface area is 452 Å². The first kappa shape index (κ1) is 52.2. The fourth-order valence-electron chi connectivity index (χ4n) is 12.4. The largest absolute Gasteiger partial charge is 0.507 e. The van der Waals surface area contributed by atoms with Gasteiger partial charge in [0.05, 0.1) is 39.6 Å². The van der Waals surface area contributed by atoms with E-state index >= 15 is 4.39 Å². The molecule has 406 valence electrons. The van der Waals surface area contributed by atoms with Gasteiger partial charge in [0, 0.05) is 100 Å². The molecule has 2 aromatic carbocycles. The van der Waals surface area contributed by atoms with Gasteiger partial charge in [-0.25, -0.2) is 14.4 Å². The Bertz CT molecular complexity index is 3030. The first-order valence-corrected chi connectivity index (χ1v) is 28.1. The summed E-state index contributed by atoms with van der Waals surface area (Å²) in [5, 5.41) is 37.3. The number of phenols is 1.